The van der Waals surface area contributed by atoms with Crippen LogP contribution in [0.1, 0.15) is 44.1 Å². The number of carboxylic acids is 1. The standard InChI is InChI=1S/C18H22FNO4/c19-14-4-1-3-13(11-14)18(7-9-24-10-8-18)20-15(21)12-17(16(22)23)5-2-6-17/h1,3-4,11H,2,5-10,12H2,(H,20,21)(H,22,23). The van der Waals surface area contributed by atoms with Crippen molar-refractivity contribution >= 4 is 11.9 Å². The number of hydrogen-bond acceptors (Lipinski definition) is 3. The van der Waals surface area contributed by atoms with Crippen molar-refractivity contribution in [1.29, 1.82) is 0 Å². The normalized spacial score (nSPS) is 21.5. The van der Waals surface area contributed by atoms with E-state index in [0.717, 1.165) is 6.42 Å². The van der Waals surface area contributed by atoms with Gasteiger partial charge in [-0.25, -0.2) is 4.39 Å². The van der Waals surface area contributed by atoms with Crippen molar-refractivity contribution in [3.8, 4) is 0 Å². The van der Waals surface area contributed by atoms with E-state index in [1.807, 2.05) is 0 Å². The molecule has 0 bridgehead atoms. The van der Waals surface area contributed by atoms with Crippen LogP contribution in [0, 0.1) is 11.2 Å². The fourth-order valence-corrected chi connectivity index (χ4v) is 3.68. The number of carboxylic acid groups (broad SMARTS) is 1. The Morgan fingerprint density at radius 3 is 2.46 bits per heavy atom. The van der Waals surface area contributed by atoms with Gasteiger partial charge < -0.3 is 15.2 Å². The maximum atomic E-state index is 13.6. The van der Waals surface area contributed by atoms with Crippen LogP contribution in [0.4, 0.5) is 4.39 Å². The topological polar surface area (TPSA) is 75.6 Å². The molecule has 1 heterocycles. The van der Waals surface area contributed by atoms with Gasteiger partial charge in [0, 0.05) is 19.6 Å². The maximum Gasteiger partial charge on any atom is 0.310 e. The van der Waals surface area contributed by atoms with E-state index in [9.17, 15) is 19.1 Å². The first-order valence-corrected chi connectivity index (χ1v) is 8.34. The average molecular weight is 335 g/mol. The highest BCUT2D eigenvalue weighted by Crippen LogP contribution is 2.44. The summed E-state index contributed by atoms with van der Waals surface area (Å²) in [4.78, 5) is 24.1. The van der Waals surface area contributed by atoms with Crippen molar-refractivity contribution in [1.82, 2.24) is 5.32 Å². The van der Waals surface area contributed by atoms with E-state index >= 15 is 0 Å². The van der Waals surface area contributed by atoms with Crippen LogP contribution in [-0.4, -0.2) is 30.2 Å². The van der Waals surface area contributed by atoms with Gasteiger partial charge in [-0.2, -0.15) is 0 Å². The van der Waals surface area contributed by atoms with Crippen LogP contribution in [-0.2, 0) is 19.9 Å². The highest BCUT2D eigenvalue weighted by Gasteiger charge is 2.47. The number of aliphatic carboxylic acids is 1. The molecule has 3 rings (SSSR count). The third-order valence-electron chi connectivity index (χ3n) is 5.37. The Morgan fingerprint density at radius 2 is 1.92 bits per heavy atom. The molecule has 2 fully saturated rings. The first-order valence-electron chi connectivity index (χ1n) is 8.34. The van der Waals surface area contributed by atoms with Gasteiger partial charge in [0.15, 0.2) is 0 Å². The van der Waals surface area contributed by atoms with Crippen molar-refractivity contribution < 1.29 is 23.8 Å². The van der Waals surface area contributed by atoms with Crippen molar-refractivity contribution in [3.63, 3.8) is 0 Å². The molecule has 6 heteroatoms. The van der Waals surface area contributed by atoms with E-state index in [2.05, 4.69) is 5.32 Å². The fraction of sp³-hybridized carbons (Fsp3) is 0.556. The van der Waals surface area contributed by atoms with Gasteiger partial charge in [-0.15, -0.1) is 0 Å². The summed E-state index contributed by atoms with van der Waals surface area (Å²) in [7, 11) is 0. The second-order valence-electron chi connectivity index (χ2n) is 6.87. The number of carbonyl (C=O) groups is 2. The molecule has 1 saturated heterocycles. The molecule has 1 aliphatic carbocycles. The Kier molecular flexibility index (Phi) is 4.58. The lowest BCUT2D eigenvalue weighted by atomic mass is 9.66. The van der Waals surface area contributed by atoms with Gasteiger partial charge in [0.05, 0.1) is 11.0 Å². The molecule has 2 N–H and O–H groups in total. The largest absolute Gasteiger partial charge is 0.481 e. The minimum atomic E-state index is -0.932. The van der Waals surface area contributed by atoms with Crippen LogP contribution in [0.5, 0.6) is 0 Å². The quantitative estimate of drug-likeness (QED) is 0.867. The van der Waals surface area contributed by atoms with Gasteiger partial charge in [-0.1, -0.05) is 18.6 Å². The van der Waals surface area contributed by atoms with Crippen LogP contribution in [0.3, 0.4) is 0 Å². The van der Waals surface area contributed by atoms with Crippen molar-refractivity contribution in [2.75, 3.05) is 13.2 Å². The lowest BCUT2D eigenvalue weighted by Crippen LogP contribution is -2.52. The van der Waals surface area contributed by atoms with E-state index in [1.165, 1.54) is 12.1 Å². The average Bonchev–Trinajstić information content (AvgIpc) is 2.51. The molecule has 1 amide bonds. The number of benzene rings is 1. The van der Waals surface area contributed by atoms with Crippen LogP contribution in [0.15, 0.2) is 24.3 Å². The van der Waals surface area contributed by atoms with Gasteiger partial charge in [-0.05, 0) is 43.4 Å². The first-order chi connectivity index (χ1) is 11.5. The van der Waals surface area contributed by atoms with Crippen LogP contribution >= 0.6 is 0 Å². The smallest absolute Gasteiger partial charge is 0.310 e. The van der Waals surface area contributed by atoms with Crippen molar-refractivity contribution in [3.05, 3.63) is 35.6 Å². The number of hydrogen-bond donors (Lipinski definition) is 2. The fourth-order valence-electron chi connectivity index (χ4n) is 3.68. The van der Waals surface area contributed by atoms with Gasteiger partial charge in [0.25, 0.3) is 0 Å². The second kappa shape index (κ2) is 6.51. The van der Waals surface area contributed by atoms with Gasteiger partial charge in [0.2, 0.25) is 5.91 Å². The molecule has 1 aliphatic heterocycles. The minimum absolute atomic E-state index is 0.0275. The Hall–Kier alpha value is -1.95. The molecule has 2 aliphatic rings. The summed E-state index contributed by atoms with van der Waals surface area (Å²) < 4.78 is 19.0. The number of carbonyl (C=O) groups excluding carboxylic acids is 1. The van der Waals surface area contributed by atoms with Gasteiger partial charge >= 0.3 is 5.97 Å². The van der Waals surface area contributed by atoms with Crippen LogP contribution in [0.2, 0.25) is 0 Å². The second-order valence-corrected chi connectivity index (χ2v) is 6.87. The van der Waals surface area contributed by atoms with Crippen molar-refractivity contribution in [2.24, 2.45) is 5.41 Å². The summed E-state index contributed by atoms with van der Waals surface area (Å²) in [6, 6.07) is 6.22. The zero-order chi connectivity index (χ0) is 17.2. The number of halogens is 1. The number of ether oxygens (including phenoxy) is 1. The maximum absolute atomic E-state index is 13.6. The molecule has 1 aromatic carbocycles. The van der Waals surface area contributed by atoms with E-state index in [0.29, 0.717) is 44.5 Å². The summed E-state index contributed by atoms with van der Waals surface area (Å²) in [5.74, 6) is -1.55. The SMILES string of the molecule is O=C(CC1(C(=O)O)CCC1)NC1(c2cccc(F)c2)CCOCC1. The third kappa shape index (κ3) is 3.15. The molecular formula is C18H22FNO4. The van der Waals surface area contributed by atoms with E-state index in [-0.39, 0.29) is 18.1 Å². The molecule has 5 nitrogen and oxygen atoms in total. The van der Waals surface area contributed by atoms with Crippen LogP contribution in [0.25, 0.3) is 0 Å². The highest BCUT2D eigenvalue weighted by molar-refractivity contribution is 5.86. The molecule has 0 radical (unpaired) electrons. The zero-order valence-electron chi connectivity index (χ0n) is 13.5. The molecule has 0 atom stereocenters. The highest BCUT2D eigenvalue weighted by atomic mass is 19.1. The zero-order valence-corrected chi connectivity index (χ0v) is 13.5. The Balaban J connectivity index is 1.80. The summed E-state index contributed by atoms with van der Waals surface area (Å²) >= 11 is 0. The summed E-state index contributed by atoms with van der Waals surface area (Å²) in [6.45, 7) is 0.946. The monoisotopic (exact) mass is 335 g/mol. The number of amides is 1. The Bertz CT molecular complexity index is 636. The summed E-state index contributed by atoms with van der Waals surface area (Å²) in [6.07, 6.45) is 2.96. The molecule has 130 valence electrons. The third-order valence-corrected chi connectivity index (χ3v) is 5.37. The molecular weight excluding hydrogens is 313 g/mol. The molecule has 0 aromatic heterocycles. The number of nitrogens with one attached hydrogen (secondary N) is 1. The Labute approximate surface area is 140 Å². The molecule has 0 unspecified atom stereocenters. The van der Waals surface area contributed by atoms with Crippen LogP contribution < -0.4 is 5.32 Å². The predicted molar refractivity (Wildman–Crippen MR) is 84.8 cm³/mol. The lowest BCUT2D eigenvalue weighted by molar-refractivity contribution is -0.158. The molecule has 24 heavy (non-hydrogen) atoms. The lowest BCUT2D eigenvalue weighted by Gasteiger charge is -2.41. The molecule has 0 spiro atoms. The minimum Gasteiger partial charge on any atom is -0.481 e. The Morgan fingerprint density at radius 1 is 1.21 bits per heavy atom. The molecule has 1 aromatic rings. The van der Waals surface area contributed by atoms with Crippen molar-refractivity contribution in [2.45, 2.75) is 44.1 Å². The van der Waals surface area contributed by atoms with E-state index < -0.39 is 16.9 Å². The predicted octanol–water partition coefficient (Wildman–Crippen LogP) is 2.59. The summed E-state index contributed by atoms with van der Waals surface area (Å²) in [5.41, 5.74) is -0.920. The molecule has 1 saturated carbocycles. The van der Waals surface area contributed by atoms with Gasteiger partial charge in [0.1, 0.15) is 5.82 Å². The number of rotatable bonds is 5. The van der Waals surface area contributed by atoms with E-state index in [1.54, 1.807) is 12.1 Å². The summed E-state index contributed by atoms with van der Waals surface area (Å²) in [5, 5.41) is 12.4. The van der Waals surface area contributed by atoms with Gasteiger partial charge in [-0.3, -0.25) is 9.59 Å². The first kappa shape index (κ1) is 16.9. The van der Waals surface area contributed by atoms with E-state index in [4.69, 9.17) is 4.74 Å².